The van der Waals surface area contributed by atoms with Gasteiger partial charge in [-0.1, -0.05) is 54.9 Å². The lowest BCUT2D eigenvalue weighted by molar-refractivity contribution is -0.458. The molecule has 56 heavy (non-hydrogen) atoms. The van der Waals surface area contributed by atoms with Crippen LogP contribution >= 0.6 is 23.2 Å². The molecule has 0 N–H and O–H groups in total. The summed E-state index contributed by atoms with van der Waals surface area (Å²) in [6.07, 6.45) is 11.2. The van der Waals surface area contributed by atoms with Crippen LogP contribution in [0.3, 0.4) is 0 Å². The largest absolute Gasteiger partial charge is 0.382 e. The van der Waals surface area contributed by atoms with Crippen LogP contribution in [-0.4, -0.2) is 94.0 Å². The molecule has 0 spiro atoms. The van der Waals surface area contributed by atoms with Gasteiger partial charge in [0.25, 0.3) is 0 Å². The Bertz CT molecular complexity index is 2330. The molecule has 5 rings (SSSR count). The number of carbonyl (C=O) groups is 1. The van der Waals surface area contributed by atoms with Gasteiger partial charge in [0.2, 0.25) is 0 Å². The number of halogens is 2. The summed E-state index contributed by atoms with van der Waals surface area (Å²) in [6, 6.07) is 22.3. The molecule has 0 radical (unpaired) electrons. The maximum atomic E-state index is 12.0. The maximum Gasteiger partial charge on any atom is 0.183 e. The average molecular weight is 841 g/mol. The van der Waals surface area contributed by atoms with E-state index in [1.807, 2.05) is 82.1 Å². The molecule has 3 heterocycles. The average Bonchev–Trinajstić information content (AvgIpc) is 3.08. The smallest absolute Gasteiger partial charge is 0.183 e. The van der Waals surface area contributed by atoms with Gasteiger partial charge in [0.1, 0.15) is 19.1 Å². The summed E-state index contributed by atoms with van der Waals surface area (Å²) in [4.78, 5) is 27.3. The molecule has 5 aromatic rings. The van der Waals surface area contributed by atoms with E-state index in [2.05, 4.69) is 15.0 Å². The predicted molar refractivity (Wildman–Crippen MR) is 231 cm³/mol. The van der Waals surface area contributed by atoms with Gasteiger partial charge in [0.15, 0.2) is 31.7 Å². The van der Waals surface area contributed by atoms with Crippen molar-refractivity contribution in [3.63, 3.8) is 0 Å². The van der Waals surface area contributed by atoms with Crippen molar-refractivity contribution < 1.29 is 26.2 Å². The highest BCUT2D eigenvalue weighted by Gasteiger charge is 2.13. The Morgan fingerprint density at radius 2 is 1.25 bits per heavy atom. The zero-order chi connectivity index (χ0) is 40.2. The van der Waals surface area contributed by atoms with Crippen molar-refractivity contribution >= 4 is 54.9 Å². The molecule has 0 aliphatic heterocycles. The summed E-state index contributed by atoms with van der Waals surface area (Å²) < 4.78 is 47.8. The molecule has 0 aliphatic rings. The zero-order valence-corrected chi connectivity index (χ0v) is 35.6. The first-order chi connectivity index (χ1) is 25.2. The highest BCUT2D eigenvalue weighted by Crippen LogP contribution is 2.32. The Morgan fingerprint density at radius 1 is 0.750 bits per heavy atom. The zero-order valence-electron chi connectivity index (χ0n) is 32.4. The van der Waals surface area contributed by atoms with Gasteiger partial charge in [-0.15, -0.1) is 0 Å². The van der Waals surface area contributed by atoms with Crippen LogP contribution in [-0.2, 0) is 26.1 Å². The van der Waals surface area contributed by atoms with Gasteiger partial charge in [0, 0.05) is 85.9 Å². The SMILES string of the molecule is C.CN(C)/C=C(\Cl)C=[N+](C)C.Cc1ccc(-c2ncc(Cl)cc2-c2ccc(S(C)(=O)=O)cc2)cn1.Cc1ccc(C(=O)Cc2ccc(S(C)(=O)=O)cc2)cn1.[CH3-]. The summed E-state index contributed by atoms with van der Waals surface area (Å²) in [6.45, 7) is 3.78. The number of benzene rings is 2. The van der Waals surface area contributed by atoms with E-state index in [-0.39, 0.29) is 36.8 Å². The molecule has 3 aromatic heterocycles. The molecule has 0 unspecified atom stereocenters. The van der Waals surface area contributed by atoms with Crippen molar-refractivity contribution in [1.82, 2.24) is 19.9 Å². The van der Waals surface area contributed by atoms with Crippen LogP contribution in [0.4, 0.5) is 0 Å². The van der Waals surface area contributed by atoms with E-state index in [4.69, 9.17) is 23.2 Å². The number of carbonyl (C=O) groups excluding carboxylic acids is 1. The van der Waals surface area contributed by atoms with Crippen LogP contribution in [0.15, 0.2) is 118 Å². The lowest BCUT2D eigenvalue weighted by Gasteiger charge is -2.10. The summed E-state index contributed by atoms with van der Waals surface area (Å²) >= 11 is 11.9. The molecule has 0 fully saturated rings. The van der Waals surface area contributed by atoms with Crippen molar-refractivity contribution in [3.05, 3.63) is 144 Å². The van der Waals surface area contributed by atoms with E-state index in [9.17, 15) is 21.6 Å². The third-order valence-corrected chi connectivity index (χ3v) is 10.0. The summed E-state index contributed by atoms with van der Waals surface area (Å²) in [7, 11) is 1.32. The number of nitrogens with zero attached hydrogens (tertiary/aromatic N) is 5. The van der Waals surface area contributed by atoms with Gasteiger partial charge in [-0.25, -0.2) is 21.4 Å². The van der Waals surface area contributed by atoms with Crippen LogP contribution < -0.4 is 0 Å². The number of hydrogen-bond acceptors (Lipinski definition) is 9. The van der Waals surface area contributed by atoms with Crippen LogP contribution in [0, 0.1) is 21.3 Å². The summed E-state index contributed by atoms with van der Waals surface area (Å²) in [5.74, 6) is -0.0374. The number of Topliss-reactive ketones (excluding diaryl/α,β-unsaturated/α-hetero) is 1. The molecule has 0 atom stereocenters. The number of sulfone groups is 2. The Labute approximate surface area is 343 Å². The van der Waals surface area contributed by atoms with E-state index >= 15 is 0 Å². The first-order valence-electron chi connectivity index (χ1n) is 16.4. The van der Waals surface area contributed by atoms with Crippen molar-refractivity contribution in [3.8, 4) is 22.4 Å². The quantitative estimate of drug-likeness (QED) is 0.0621. The first kappa shape index (κ1) is 49.3. The minimum Gasteiger partial charge on any atom is -0.382 e. The normalized spacial score (nSPS) is 10.9. The minimum absolute atomic E-state index is 0. The maximum absolute atomic E-state index is 12.0. The summed E-state index contributed by atoms with van der Waals surface area (Å²) in [5.41, 5.74) is 6.41. The van der Waals surface area contributed by atoms with Crippen molar-refractivity contribution in [1.29, 1.82) is 0 Å². The van der Waals surface area contributed by atoms with Gasteiger partial charge in [0.05, 0.1) is 20.5 Å². The van der Waals surface area contributed by atoms with Gasteiger partial charge in [-0.3, -0.25) is 19.7 Å². The Kier molecular flexibility index (Phi) is 19.5. The highest BCUT2D eigenvalue weighted by molar-refractivity contribution is 7.91. The number of rotatable bonds is 9. The van der Waals surface area contributed by atoms with Gasteiger partial charge < -0.3 is 12.3 Å². The van der Waals surface area contributed by atoms with Crippen LogP contribution in [0.25, 0.3) is 22.4 Å². The van der Waals surface area contributed by atoms with Crippen LogP contribution in [0.2, 0.25) is 5.02 Å². The molecule has 0 saturated carbocycles. The molecule has 0 bridgehead atoms. The fraction of sp³-hybridized carbons (Fsp3) is 0.238. The van der Waals surface area contributed by atoms with Gasteiger partial charge in [-0.05, 0) is 79.6 Å². The third kappa shape index (κ3) is 16.2. The molecular weight excluding hydrogens is 790 g/mol. The number of allylic oxidation sites excluding steroid dienone is 1. The number of ketones is 1. The van der Waals surface area contributed by atoms with E-state index < -0.39 is 19.7 Å². The van der Waals surface area contributed by atoms with E-state index in [0.29, 0.717) is 10.6 Å². The van der Waals surface area contributed by atoms with E-state index in [1.54, 1.807) is 67.1 Å². The Hall–Kier alpha value is -4.75. The highest BCUT2D eigenvalue weighted by atomic mass is 35.5. The van der Waals surface area contributed by atoms with E-state index in [0.717, 1.165) is 50.6 Å². The molecule has 2 aromatic carbocycles. The molecule has 14 heteroatoms. The summed E-state index contributed by atoms with van der Waals surface area (Å²) in [5, 5.41) is 1.25. The molecule has 0 aliphatic carbocycles. The molecule has 0 saturated heterocycles. The van der Waals surface area contributed by atoms with Crippen LogP contribution in [0.1, 0.15) is 34.7 Å². The molecule has 10 nitrogen and oxygen atoms in total. The fourth-order valence-corrected chi connectivity index (χ4v) is 6.49. The van der Waals surface area contributed by atoms with Gasteiger partial charge in [-0.2, -0.15) is 0 Å². The first-order valence-corrected chi connectivity index (χ1v) is 21.0. The second kappa shape index (κ2) is 22.1. The third-order valence-electron chi connectivity index (χ3n) is 7.35. The standard InChI is InChI=1S/C18H15ClN2O2S.C15H15NO3S.C7H14ClN2.CH4.CH3/c1-12-3-4-14(10-20-12)18-17(9-15(19)11-21-18)13-5-7-16(8-6-13)24(2,22)23;1-11-3-6-13(10-16-11)15(17)9-12-4-7-14(8-5-12)20(2,18)19;1-9(2)5-7(8)6-10(3)4;;/h3-11H,1-2H3;3-8,10H,9H2,1-2H3;5-6H,1-4H3;1H4;1H3/q;;+1;;-1. The second-order valence-corrected chi connectivity index (χ2v) is 17.7. The topological polar surface area (TPSA) is 130 Å². The van der Waals surface area contributed by atoms with Crippen molar-refractivity contribution in [2.24, 2.45) is 0 Å². The molecule has 300 valence electrons. The van der Waals surface area contributed by atoms with Crippen molar-refractivity contribution in [2.75, 3.05) is 40.7 Å². The number of aromatic nitrogens is 3. The predicted octanol–water partition coefficient (Wildman–Crippen LogP) is 8.45. The number of pyridine rings is 3. The van der Waals surface area contributed by atoms with E-state index in [1.165, 1.54) is 18.4 Å². The van der Waals surface area contributed by atoms with Crippen LogP contribution in [0.5, 0.6) is 0 Å². The number of aryl methyl sites for hydroxylation is 2. The van der Waals surface area contributed by atoms with Crippen molar-refractivity contribution in [2.45, 2.75) is 37.5 Å². The molecular formula is C42H51Cl2N5O5S2. The monoisotopic (exact) mass is 839 g/mol. The fourth-order valence-electron chi connectivity index (χ4n) is 4.68. The molecule has 0 amide bonds. The Morgan fingerprint density at radius 3 is 1.70 bits per heavy atom. The lowest BCUT2D eigenvalue weighted by atomic mass is 10.0. The second-order valence-electron chi connectivity index (χ2n) is 12.8. The number of hydrogen-bond donors (Lipinski definition) is 0. The lowest BCUT2D eigenvalue weighted by Crippen LogP contribution is -2.05. The minimum atomic E-state index is -3.23. The van der Waals surface area contributed by atoms with Gasteiger partial charge >= 0.3 is 0 Å². The Balaban J connectivity index is 0.000000446.